The van der Waals surface area contributed by atoms with Crippen LogP contribution in [0.4, 0.5) is 0 Å². The first-order valence-electron chi connectivity index (χ1n) is 8.09. The lowest BCUT2D eigenvalue weighted by Gasteiger charge is -2.18. The van der Waals surface area contributed by atoms with E-state index in [4.69, 9.17) is 0 Å². The summed E-state index contributed by atoms with van der Waals surface area (Å²) in [7, 11) is 0. The number of carbonyl (C=O) groups excluding carboxylic acids is 1. The molecule has 0 aromatic carbocycles. The molecule has 21 heavy (non-hydrogen) atoms. The lowest BCUT2D eigenvalue weighted by atomic mass is 10.0. The number of aliphatic hydroxyl groups is 1. The lowest BCUT2D eigenvalue weighted by molar-refractivity contribution is 0.0761. The summed E-state index contributed by atoms with van der Waals surface area (Å²) in [6, 6.07) is 0.468. The highest BCUT2D eigenvalue weighted by Crippen LogP contribution is 2.31. The van der Waals surface area contributed by atoms with E-state index in [0.29, 0.717) is 12.6 Å². The fraction of sp³-hybridized carbons (Fsp3) is 0.750. The van der Waals surface area contributed by atoms with Crippen molar-refractivity contribution in [1.82, 2.24) is 14.7 Å². The molecule has 1 saturated heterocycles. The van der Waals surface area contributed by atoms with E-state index in [1.54, 1.807) is 6.20 Å². The molecule has 1 aromatic rings. The Kier molecular flexibility index (Phi) is 4.02. The molecule has 3 rings (SSSR count). The van der Waals surface area contributed by atoms with Gasteiger partial charge in [-0.3, -0.25) is 9.48 Å². The number of aromatic nitrogens is 2. The highest BCUT2D eigenvalue weighted by atomic mass is 16.3. The topological polar surface area (TPSA) is 58.4 Å². The van der Waals surface area contributed by atoms with E-state index in [1.807, 2.05) is 23.4 Å². The standard InChI is InChI=1S/C16H25N3O2/c1-11-15(9-17-19(11)14-5-3-4-6-14)16(21)18-8-7-13(10-18)12(2)20/h9,12-14,20H,3-8,10H2,1-2H3. The zero-order valence-electron chi connectivity index (χ0n) is 13.0. The molecule has 1 aliphatic heterocycles. The van der Waals surface area contributed by atoms with Gasteiger partial charge in [0.1, 0.15) is 0 Å². The third-order valence-corrected chi connectivity index (χ3v) is 5.14. The highest BCUT2D eigenvalue weighted by molar-refractivity contribution is 5.95. The minimum Gasteiger partial charge on any atom is -0.393 e. The zero-order chi connectivity index (χ0) is 15.0. The van der Waals surface area contributed by atoms with Crippen molar-refractivity contribution in [2.45, 2.75) is 58.1 Å². The van der Waals surface area contributed by atoms with Crippen LogP contribution in [0.15, 0.2) is 6.20 Å². The number of carbonyl (C=O) groups is 1. The minimum atomic E-state index is -0.342. The molecule has 0 radical (unpaired) electrons. The van der Waals surface area contributed by atoms with Crippen LogP contribution in [-0.4, -0.2) is 44.9 Å². The molecular formula is C16H25N3O2. The Morgan fingerprint density at radius 2 is 2.10 bits per heavy atom. The van der Waals surface area contributed by atoms with Gasteiger partial charge in [0.05, 0.1) is 23.9 Å². The monoisotopic (exact) mass is 291 g/mol. The summed E-state index contributed by atoms with van der Waals surface area (Å²) in [6.07, 6.45) is 7.13. The Morgan fingerprint density at radius 3 is 2.71 bits per heavy atom. The van der Waals surface area contributed by atoms with Crippen LogP contribution >= 0.6 is 0 Å². The molecule has 116 valence electrons. The first kappa shape index (κ1) is 14.6. The van der Waals surface area contributed by atoms with E-state index in [9.17, 15) is 9.90 Å². The van der Waals surface area contributed by atoms with Gasteiger partial charge in [-0.15, -0.1) is 0 Å². The number of nitrogens with zero attached hydrogens (tertiary/aromatic N) is 3. The van der Waals surface area contributed by atoms with Crippen LogP contribution in [0.5, 0.6) is 0 Å². The van der Waals surface area contributed by atoms with Crippen LogP contribution in [0.1, 0.15) is 61.1 Å². The quantitative estimate of drug-likeness (QED) is 0.928. The molecule has 5 heteroatoms. The summed E-state index contributed by atoms with van der Waals surface area (Å²) < 4.78 is 2.04. The van der Waals surface area contributed by atoms with Gasteiger partial charge in [0.2, 0.25) is 0 Å². The Bertz CT molecular complexity index is 518. The van der Waals surface area contributed by atoms with Crippen molar-refractivity contribution < 1.29 is 9.90 Å². The molecule has 5 nitrogen and oxygen atoms in total. The highest BCUT2D eigenvalue weighted by Gasteiger charge is 2.31. The van der Waals surface area contributed by atoms with E-state index >= 15 is 0 Å². The number of hydrogen-bond acceptors (Lipinski definition) is 3. The molecule has 2 atom stereocenters. The van der Waals surface area contributed by atoms with Crippen molar-refractivity contribution in [2.75, 3.05) is 13.1 Å². The van der Waals surface area contributed by atoms with Gasteiger partial charge in [-0.1, -0.05) is 12.8 Å². The summed E-state index contributed by atoms with van der Waals surface area (Å²) >= 11 is 0. The zero-order valence-corrected chi connectivity index (χ0v) is 13.0. The van der Waals surface area contributed by atoms with Crippen molar-refractivity contribution in [3.8, 4) is 0 Å². The number of amides is 1. The van der Waals surface area contributed by atoms with Crippen molar-refractivity contribution in [1.29, 1.82) is 0 Å². The first-order valence-corrected chi connectivity index (χ1v) is 8.09. The van der Waals surface area contributed by atoms with E-state index in [-0.39, 0.29) is 17.9 Å². The van der Waals surface area contributed by atoms with Gasteiger partial charge in [-0.05, 0) is 33.1 Å². The van der Waals surface area contributed by atoms with Crippen LogP contribution in [0.3, 0.4) is 0 Å². The van der Waals surface area contributed by atoms with Crippen molar-refractivity contribution in [3.63, 3.8) is 0 Å². The molecular weight excluding hydrogens is 266 g/mol. The van der Waals surface area contributed by atoms with E-state index < -0.39 is 0 Å². The van der Waals surface area contributed by atoms with E-state index in [1.165, 1.54) is 25.7 Å². The van der Waals surface area contributed by atoms with Crippen LogP contribution in [-0.2, 0) is 0 Å². The molecule has 1 amide bonds. The number of likely N-dealkylation sites (tertiary alicyclic amines) is 1. The number of rotatable bonds is 3. The predicted molar refractivity (Wildman–Crippen MR) is 80.2 cm³/mol. The van der Waals surface area contributed by atoms with Crippen LogP contribution in [0.2, 0.25) is 0 Å². The molecule has 1 N–H and O–H groups in total. The van der Waals surface area contributed by atoms with Gasteiger partial charge in [0, 0.05) is 24.7 Å². The second-order valence-electron chi connectivity index (χ2n) is 6.57. The first-order chi connectivity index (χ1) is 10.1. The number of aliphatic hydroxyl groups excluding tert-OH is 1. The molecule has 1 aromatic heterocycles. The molecule has 2 unspecified atom stereocenters. The van der Waals surface area contributed by atoms with Crippen LogP contribution in [0, 0.1) is 12.8 Å². The van der Waals surface area contributed by atoms with Crippen molar-refractivity contribution in [3.05, 3.63) is 17.5 Å². The lowest BCUT2D eigenvalue weighted by Crippen LogP contribution is -2.30. The third kappa shape index (κ3) is 2.71. The Morgan fingerprint density at radius 1 is 1.38 bits per heavy atom. The number of hydrogen-bond donors (Lipinski definition) is 1. The van der Waals surface area contributed by atoms with E-state index in [2.05, 4.69) is 5.10 Å². The fourth-order valence-electron chi connectivity index (χ4n) is 3.69. The molecule has 2 heterocycles. The summed E-state index contributed by atoms with van der Waals surface area (Å²) in [5, 5.41) is 14.1. The average Bonchev–Trinajstić information content (AvgIpc) is 3.18. The molecule has 0 bridgehead atoms. The third-order valence-electron chi connectivity index (χ3n) is 5.14. The summed E-state index contributed by atoms with van der Waals surface area (Å²) in [4.78, 5) is 14.5. The van der Waals surface area contributed by atoms with Crippen LogP contribution < -0.4 is 0 Å². The van der Waals surface area contributed by atoms with Gasteiger partial charge < -0.3 is 10.0 Å². The Labute approximate surface area is 125 Å². The average molecular weight is 291 g/mol. The van der Waals surface area contributed by atoms with Crippen LogP contribution in [0.25, 0.3) is 0 Å². The Hall–Kier alpha value is -1.36. The Balaban J connectivity index is 1.73. The SMILES string of the molecule is Cc1c(C(=O)N2CCC(C(C)O)C2)cnn1C1CCCC1. The molecule has 1 saturated carbocycles. The van der Waals surface area contributed by atoms with Crippen molar-refractivity contribution >= 4 is 5.91 Å². The van der Waals surface area contributed by atoms with Crippen molar-refractivity contribution in [2.24, 2.45) is 5.92 Å². The summed E-state index contributed by atoms with van der Waals surface area (Å²) in [5.41, 5.74) is 1.72. The molecule has 1 aliphatic carbocycles. The predicted octanol–water partition coefficient (Wildman–Crippen LogP) is 2.15. The minimum absolute atomic E-state index is 0.0693. The van der Waals surface area contributed by atoms with Gasteiger partial charge in [-0.25, -0.2) is 0 Å². The van der Waals surface area contributed by atoms with Gasteiger partial charge in [0.15, 0.2) is 0 Å². The summed E-state index contributed by atoms with van der Waals surface area (Å²) in [5.74, 6) is 0.277. The van der Waals surface area contributed by atoms with Gasteiger partial charge >= 0.3 is 0 Å². The van der Waals surface area contributed by atoms with Gasteiger partial charge in [-0.2, -0.15) is 5.10 Å². The smallest absolute Gasteiger partial charge is 0.257 e. The molecule has 2 fully saturated rings. The molecule has 2 aliphatic rings. The normalized spacial score (nSPS) is 24.7. The molecule has 0 spiro atoms. The van der Waals surface area contributed by atoms with E-state index in [0.717, 1.165) is 24.2 Å². The maximum Gasteiger partial charge on any atom is 0.257 e. The largest absolute Gasteiger partial charge is 0.393 e. The second-order valence-corrected chi connectivity index (χ2v) is 6.57. The second kappa shape index (κ2) is 5.79. The maximum atomic E-state index is 12.7. The fourth-order valence-corrected chi connectivity index (χ4v) is 3.69. The van der Waals surface area contributed by atoms with Gasteiger partial charge in [0.25, 0.3) is 5.91 Å². The maximum absolute atomic E-state index is 12.7. The summed E-state index contributed by atoms with van der Waals surface area (Å²) in [6.45, 7) is 5.20.